The third kappa shape index (κ3) is 8.46. The third-order valence-corrected chi connectivity index (χ3v) is 5.61. The molecule has 0 fully saturated rings. The lowest BCUT2D eigenvalue weighted by molar-refractivity contribution is -0.139. The molecule has 0 aliphatic heterocycles. The van der Waals surface area contributed by atoms with Crippen molar-refractivity contribution in [3.8, 4) is 0 Å². The molecule has 0 saturated carbocycles. The summed E-state index contributed by atoms with van der Waals surface area (Å²) < 4.78 is 5.66. The first-order valence-electron chi connectivity index (χ1n) is 11.4. The lowest BCUT2D eigenvalue weighted by Crippen LogP contribution is -2.14. The molecule has 0 radical (unpaired) electrons. The fourth-order valence-electron chi connectivity index (χ4n) is 3.90. The van der Waals surface area contributed by atoms with Gasteiger partial charge < -0.3 is 4.74 Å². The highest BCUT2D eigenvalue weighted by atomic mass is 16.5. The van der Waals surface area contributed by atoms with Crippen molar-refractivity contribution in [1.82, 2.24) is 0 Å². The number of rotatable bonds is 12. The molecule has 2 nitrogen and oxygen atoms in total. The molecule has 1 aromatic carbocycles. The maximum absolute atomic E-state index is 12.4. The maximum atomic E-state index is 12.4. The van der Waals surface area contributed by atoms with Gasteiger partial charge in [-0.3, -0.25) is 0 Å². The van der Waals surface area contributed by atoms with E-state index in [1.54, 1.807) is 6.08 Å². The summed E-state index contributed by atoms with van der Waals surface area (Å²) in [4.78, 5) is 12.4. The zero-order valence-corrected chi connectivity index (χ0v) is 17.9. The van der Waals surface area contributed by atoms with Gasteiger partial charge in [0.1, 0.15) is 0 Å². The van der Waals surface area contributed by atoms with E-state index >= 15 is 0 Å². The Balaban J connectivity index is 1.87. The lowest BCUT2D eigenvalue weighted by Gasteiger charge is -2.17. The van der Waals surface area contributed by atoms with Gasteiger partial charge in [-0.2, -0.15) is 0 Å². The highest BCUT2D eigenvalue weighted by molar-refractivity contribution is 5.84. The molecule has 0 spiro atoms. The van der Waals surface area contributed by atoms with Gasteiger partial charge in [-0.15, -0.1) is 0 Å². The van der Waals surface area contributed by atoms with Gasteiger partial charge in [0.05, 0.1) is 6.61 Å². The van der Waals surface area contributed by atoms with Gasteiger partial charge in [0, 0.05) is 6.08 Å². The van der Waals surface area contributed by atoms with Gasteiger partial charge in [0.15, 0.2) is 0 Å². The second kappa shape index (κ2) is 13.4. The molecule has 0 saturated heterocycles. The minimum absolute atomic E-state index is 0.171. The van der Waals surface area contributed by atoms with Crippen LogP contribution in [0.3, 0.4) is 0 Å². The average molecular weight is 383 g/mol. The van der Waals surface area contributed by atoms with Crippen LogP contribution in [-0.2, 0) is 9.53 Å². The van der Waals surface area contributed by atoms with Crippen LogP contribution in [0.1, 0.15) is 90.0 Å². The van der Waals surface area contributed by atoms with Gasteiger partial charge in [0.2, 0.25) is 0 Å². The Morgan fingerprint density at radius 2 is 1.75 bits per heavy atom. The monoisotopic (exact) mass is 382 g/mol. The van der Waals surface area contributed by atoms with Crippen molar-refractivity contribution < 1.29 is 9.53 Å². The summed E-state index contributed by atoms with van der Waals surface area (Å²) in [6.45, 7) is 5.04. The number of unbranched alkanes of at least 4 members (excludes halogenated alkanes) is 4. The summed E-state index contributed by atoms with van der Waals surface area (Å²) >= 11 is 0. The molecule has 1 unspecified atom stereocenters. The van der Waals surface area contributed by atoms with Crippen molar-refractivity contribution in [2.45, 2.75) is 84.5 Å². The molecule has 2 heteroatoms. The van der Waals surface area contributed by atoms with Gasteiger partial charge in [-0.05, 0) is 54.7 Å². The van der Waals surface area contributed by atoms with E-state index < -0.39 is 0 Å². The van der Waals surface area contributed by atoms with Crippen LogP contribution in [0, 0.1) is 5.92 Å². The highest BCUT2D eigenvalue weighted by Crippen LogP contribution is 2.29. The SMILES string of the molecule is CCCCCCC(CCCC)COC(=O)C=C1C=C(c2ccccc2)CCC1. The Kier molecular flexibility index (Phi) is 10.7. The van der Waals surface area contributed by atoms with Crippen LogP contribution in [0.4, 0.5) is 0 Å². The molecular formula is C26H38O2. The zero-order chi connectivity index (χ0) is 20.0. The topological polar surface area (TPSA) is 26.3 Å². The molecule has 0 heterocycles. The number of allylic oxidation sites excluding steroid dienone is 3. The summed E-state index contributed by atoms with van der Waals surface area (Å²) in [6, 6.07) is 10.5. The molecular weight excluding hydrogens is 344 g/mol. The van der Waals surface area contributed by atoms with Crippen LogP contribution >= 0.6 is 0 Å². The molecule has 1 aromatic rings. The third-order valence-electron chi connectivity index (χ3n) is 5.61. The van der Waals surface area contributed by atoms with Gasteiger partial charge >= 0.3 is 5.97 Å². The van der Waals surface area contributed by atoms with E-state index in [4.69, 9.17) is 4.74 Å². The van der Waals surface area contributed by atoms with Gasteiger partial charge in [-0.25, -0.2) is 4.79 Å². The Hall–Kier alpha value is -1.83. The molecule has 2 rings (SSSR count). The van der Waals surface area contributed by atoms with E-state index in [9.17, 15) is 4.79 Å². The second-order valence-corrected chi connectivity index (χ2v) is 8.10. The minimum atomic E-state index is -0.171. The van der Waals surface area contributed by atoms with E-state index in [1.807, 2.05) is 6.07 Å². The number of ether oxygens (including phenoxy) is 1. The quantitative estimate of drug-likeness (QED) is 0.212. The predicted octanol–water partition coefficient (Wildman–Crippen LogP) is 7.50. The number of hydrogen-bond acceptors (Lipinski definition) is 2. The maximum Gasteiger partial charge on any atom is 0.331 e. The second-order valence-electron chi connectivity index (χ2n) is 8.10. The first kappa shape index (κ1) is 22.5. The summed E-state index contributed by atoms with van der Waals surface area (Å²) in [7, 11) is 0. The number of benzene rings is 1. The van der Waals surface area contributed by atoms with Crippen LogP contribution in [-0.4, -0.2) is 12.6 Å². The Bertz CT molecular complexity index is 627. The largest absolute Gasteiger partial charge is 0.462 e. The van der Waals surface area contributed by atoms with Crippen molar-refractivity contribution in [1.29, 1.82) is 0 Å². The molecule has 0 aromatic heterocycles. The fourth-order valence-corrected chi connectivity index (χ4v) is 3.90. The number of carbonyl (C=O) groups is 1. The number of esters is 1. The first-order chi connectivity index (χ1) is 13.7. The van der Waals surface area contributed by atoms with Crippen LogP contribution in [0.5, 0.6) is 0 Å². The normalized spacial score (nSPS) is 16.6. The van der Waals surface area contributed by atoms with Crippen molar-refractivity contribution in [2.75, 3.05) is 6.61 Å². The van der Waals surface area contributed by atoms with Crippen LogP contribution in [0.2, 0.25) is 0 Å². The highest BCUT2D eigenvalue weighted by Gasteiger charge is 2.13. The Morgan fingerprint density at radius 1 is 1.00 bits per heavy atom. The average Bonchev–Trinajstić information content (AvgIpc) is 2.73. The molecule has 1 atom stereocenters. The summed E-state index contributed by atoms with van der Waals surface area (Å²) in [5.41, 5.74) is 3.68. The predicted molar refractivity (Wildman–Crippen MR) is 119 cm³/mol. The van der Waals surface area contributed by atoms with Crippen molar-refractivity contribution >= 4 is 11.5 Å². The van der Waals surface area contributed by atoms with E-state index in [2.05, 4.69) is 44.2 Å². The molecule has 1 aliphatic rings. The number of carbonyl (C=O) groups excluding carboxylic acids is 1. The van der Waals surface area contributed by atoms with Crippen molar-refractivity contribution in [3.63, 3.8) is 0 Å². The van der Waals surface area contributed by atoms with Crippen molar-refractivity contribution in [3.05, 3.63) is 53.6 Å². The minimum Gasteiger partial charge on any atom is -0.462 e. The summed E-state index contributed by atoms with van der Waals surface area (Å²) in [6.07, 6.45) is 16.9. The van der Waals surface area contributed by atoms with Gasteiger partial charge in [-0.1, -0.05) is 88.8 Å². The molecule has 0 bridgehead atoms. The smallest absolute Gasteiger partial charge is 0.331 e. The summed E-state index contributed by atoms with van der Waals surface area (Å²) in [5, 5.41) is 0. The van der Waals surface area contributed by atoms with Crippen LogP contribution in [0.15, 0.2) is 48.1 Å². The number of hydrogen-bond donors (Lipinski definition) is 0. The first-order valence-corrected chi connectivity index (χ1v) is 11.4. The van der Waals surface area contributed by atoms with Crippen LogP contribution in [0.25, 0.3) is 5.57 Å². The van der Waals surface area contributed by atoms with Gasteiger partial charge in [0.25, 0.3) is 0 Å². The summed E-state index contributed by atoms with van der Waals surface area (Å²) in [5.74, 6) is 0.344. The molecule has 154 valence electrons. The molecule has 28 heavy (non-hydrogen) atoms. The van der Waals surface area contributed by atoms with E-state index in [0.29, 0.717) is 12.5 Å². The Labute approximate surface area is 172 Å². The van der Waals surface area contributed by atoms with Crippen LogP contribution < -0.4 is 0 Å². The van der Waals surface area contributed by atoms with E-state index in [0.717, 1.165) is 24.8 Å². The molecule has 1 aliphatic carbocycles. The lowest BCUT2D eigenvalue weighted by atomic mass is 9.90. The molecule has 0 amide bonds. The standard InChI is InChI=1S/C26H38O2/c1-3-5-7-9-14-22(13-6-4-2)21-28-26(27)20-23-15-12-18-25(19-23)24-16-10-8-11-17-24/h8,10-11,16-17,19-20,22H,3-7,9,12-15,18,21H2,1-2H3. The van der Waals surface area contributed by atoms with E-state index in [1.165, 1.54) is 62.5 Å². The van der Waals surface area contributed by atoms with E-state index in [-0.39, 0.29) is 5.97 Å². The molecule has 0 N–H and O–H groups in total. The van der Waals surface area contributed by atoms with Crippen molar-refractivity contribution in [2.24, 2.45) is 5.92 Å². The zero-order valence-electron chi connectivity index (χ0n) is 17.9. The Morgan fingerprint density at radius 3 is 2.50 bits per heavy atom. The fraction of sp³-hybridized carbons (Fsp3) is 0.577.